The number of hydrogen-bond acceptors (Lipinski definition) is 4. The summed E-state index contributed by atoms with van der Waals surface area (Å²) in [5.74, 6) is 0.417. The van der Waals surface area contributed by atoms with Gasteiger partial charge < -0.3 is 15.2 Å². The van der Waals surface area contributed by atoms with Gasteiger partial charge in [0.05, 0.1) is 16.8 Å². The van der Waals surface area contributed by atoms with E-state index in [0.29, 0.717) is 12.4 Å². The van der Waals surface area contributed by atoms with Gasteiger partial charge in [0.15, 0.2) is 0 Å². The number of aromatic nitrogens is 2. The third-order valence-electron chi connectivity index (χ3n) is 3.77. The Bertz CT molecular complexity index is 860. The van der Waals surface area contributed by atoms with Crippen LogP contribution in [0.25, 0.3) is 16.3 Å². The number of pyridine rings is 1. The monoisotopic (exact) mass is 326 g/mol. The number of rotatable bonds is 4. The Morgan fingerprint density at radius 3 is 2.96 bits per heavy atom. The van der Waals surface area contributed by atoms with Gasteiger partial charge >= 0.3 is 0 Å². The number of fused-ring (bicyclic) bond motifs is 1. The SMILES string of the molecule is CN(Cc1cc2sccc2n1C)C(=O)C=Cc1ccc(N)nc1. The number of nitrogens with two attached hydrogens (primary N) is 1. The molecular weight excluding hydrogens is 308 g/mol. The molecule has 0 saturated carbocycles. The third kappa shape index (κ3) is 3.27. The van der Waals surface area contributed by atoms with Gasteiger partial charge in [-0.3, -0.25) is 4.79 Å². The van der Waals surface area contributed by atoms with Crippen LogP contribution in [0.3, 0.4) is 0 Å². The Labute approximate surface area is 138 Å². The number of hydrogen-bond donors (Lipinski definition) is 1. The first-order valence-corrected chi connectivity index (χ1v) is 8.09. The third-order valence-corrected chi connectivity index (χ3v) is 4.62. The van der Waals surface area contributed by atoms with Gasteiger partial charge in [-0.15, -0.1) is 11.3 Å². The molecule has 0 aliphatic rings. The zero-order chi connectivity index (χ0) is 16.4. The average molecular weight is 326 g/mol. The van der Waals surface area contributed by atoms with Gasteiger partial charge in [-0.25, -0.2) is 4.98 Å². The molecule has 0 aliphatic heterocycles. The van der Waals surface area contributed by atoms with Crippen molar-refractivity contribution in [3.8, 4) is 0 Å². The topological polar surface area (TPSA) is 64.2 Å². The fourth-order valence-electron chi connectivity index (χ4n) is 2.38. The van der Waals surface area contributed by atoms with Crippen molar-refractivity contribution in [1.82, 2.24) is 14.5 Å². The number of anilines is 1. The van der Waals surface area contributed by atoms with Crippen LogP contribution in [-0.2, 0) is 18.4 Å². The van der Waals surface area contributed by atoms with Crippen LogP contribution in [0, 0.1) is 0 Å². The summed E-state index contributed by atoms with van der Waals surface area (Å²) in [7, 11) is 3.83. The van der Waals surface area contributed by atoms with Crippen molar-refractivity contribution >= 4 is 39.4 Å². The van der Waals surface area contributed by atoms with Gasteiger partial charge in [0, 0.05) is 32.1 Å². The van der Waals surface area contributed by atoms with E-state index in [4.69, 9.17) is 5.73 Å². The highest BCUT2D eigenvalue weighted by Crippen LogP contribution is 2.24. The van der Waals surface area contributed by atoms with Gasteiger partial charge in [0.1, 0.15) is 5.82 Å². The maximum Gasteiger partial charge on any atom is 0.246 e. The lowest BCUT2D eigenvalue weighted by molar-refractivity contribution is -0.125. The van der Waals surface area contributed by atoms with Crippen LogP contribution in [-0.4, -0.2) is 27.4 Å². The maximum absolute atomic E-state index is 12.2. The van der Waals surface area contributed by atoms with Crippen molar-refractivity contribution in [2.45, 2.75) is 6.54 Å². The molecule has 0 fully saturated rings. The van der Waals surface area contributed by atoms with E-state index < -0.39 is 0 Å². The molecule has 23 heavy (non-hydrogen) atoms. The minimum atomic E-state index is -0.0496. The van der Waals surface area contributed by atoms with Crippen molar-refractivity contribution in [2.75, 3.05) is 12.8 Å². The Hall–Kier alpha value is -2.60. The molecule has 0 saturated heterocycles. The summed E-state index contributed by atoms with van der Waals surface area (Å²) in [6.45, 7) is 0.570. The van der Waals surface area contributed by atoms with E-state index in [0.717, 1.165) is 11.3 Å². The van der Waals surface area contributed by atoms with E-state index in [1.165, 1.54) is 10.2 Å². The van der Waals surface area contributed by atoms with E-state index in [2.05, 4.69) is 27.1 Å². The fourth-order valence-corrected chi connectivity index (χ4v) is 3.26. The molecule has 0 unspecified atom stereocenters. The molecule has 0 spiro atoms. The summed E-state index contributed by atoms with van der Waals surface area (Å²) in [5, 5.41) is 2.08. The van der Waals surface area contributed by atoms with Crippen molar-refractivity contribution in [2.24, 2.45) is 7.05 Å². The quantitative estimate of drug-likeness (QED) is 0.750. The predicted molar refractivity (Wildman–Crippen MR) is 95.0 cm³/mol. The molecule has 6 heteroatoms. The summed E-state index contributed by atoms with van der Waals surface area (Å²) >= 11 is 1.71. The zero-order valence-electron chi connectivity index (χ0n) is 13.1. The zero-order valence-corrected chi connectivity index (χ0v) is 13.9. The van der Waals surface area contributed by atoms with Crippen LogP contribution in [0.1, 0.15) is 11.3 Å². The number of amides is 1. The van der Waals surface area contributed by atoms with E-state index in [-0.39, 0.29) is 5.91 Å². The molecular formula is C17H18N4OS. The molecule has 3 rings (SSSR count). The molecule has 0 aromatic carbocycles. The minimum absolute atomic E-state index is 0.0496. The highest BCUT2D eigenvalue weighted by Gasteiger charge is 2.11. The second-order valence-corrected chi connectivity index (χ2v) is 6.36. The fraction of sp³-hybridized carbons (Fsp3) is 0.176. The molecule has 0 atom stereocenters. The first kappa shape index (κ1) is 15.3. The smallest absolute Gasteiger partial charge is 0.246 e. The van der Waals surface area contributed by atoms with Crippen molar-refractivity contribution in [3.05, 3.63) is 53.2 Å². The van der Waals surface area contributed by atoms with E-state index in [9.17, 15) is 4.79 Å². The number of carbonyl (C=O) groups is 1. The lowest BCUT2D eigenvalue weighted by Gasteiger charge is -2.15. The Morgan fingerprint density at radius 1 is 1.43 bits per heavy atom. The molecule has 0 bridgehead atoms. The van der Waals surface area contributed by atoms with Crippen LogP contribution >= 0.6 is 11.3 Å². The molecule has 3 aromatic rings. The number of aryl methyl sites for hydroxylation is 1. The standard InChI is InChI=1S/C17H18N4OS/c1-20(11-13-9-15-14(21(13)2)7-8-23-15)17(22)6-4-12-3-5-16(18)19-10-12/h3-10H,11H2,1-2H3,(H2,18,19). The molecule has 0 radical (unpaired) electrons. The van der Waals surface area contributed by atoms with Crippen molar-refractivity contribution in [1.29, 1.82) is 0 Å². The van der Waals surface area contributed by atoms with Gasteiger partial charge in [0.25, 0.3) is 0 Å². The van der Waals surface area contributed by atoms with Crippen LogP contribution in [0.2, 0.25) is 0 Å². The highest BCUT2D eigenvalue weighted by molar-refractivity contribution is 7.17. The second-order valence-electron chi connectivity index (χ2n) is 5.41. The van der Waals surface area contributed by atoms with E-state index in [1.807, 2.05) is 13.1 Å². The molecule has 0 aliphatic carbocycles. The Kier molecular flexibility index (Phi) is 4.16. The first-order chi connectivity index (χ1) is 11.0. The Balaban J connectivity index is 1.68. The summed E-state index contributed by atoms with van der Waals surface area (Å²) < 4.78 is 3.37. The summed E-state index contributed by atoms with van der Waals surface area (Å²) in [6, 6.07) is 7.78. The average Bonchev–Trinajstić information content (AvgIpc) is 3.10. The van der Waals surface area contributed by atoms with Gasteiger partial charge in [-0.1, -0.05) is 0 Å². The number of thiophene rings is 1. The van der Waals surface area contributed by atoms with Crippen LogP contribution in [0.15, 0.2) is 41.9 Å². The minimum Gasteiger partial charge on any atom is -0.384 e. The number of nitrogens with zero attached hydrogens (tertiary/aromatic N) is 3. The lowest BCUT2D eigenvalue weighted by atomic mass is 10.2. The summed E-state index contributed by atoms with van der Waals surface area (Å²) in [6.07, 6.45) is 4.94. The molecule has 2 N–H and O–H groups in total. The lowest BCUT2D eigenvalue weighted by Crippen LogP contribution is -2.25. The number of carbonyl (C=O) groups excluding carboxylic acids is 1. The molecule has 1 amide bonds. The molecule has 118 valence electrons. The highest BCUT2D eigenvalue weighted by atomic mass is 32.1. The number of nitrogen functional groups attached to an aromatic ring is 1. The molecule has 3 aromatic heterocycles. The largest absolute Gasteiger partial charge is 0.384 e. The predicted octanol–water partition coefficient (Wildman–Crippen LogP) is 2.89. The van der Waals surface area contributed by atoms with E-state index >= 15 is 0 Å². The summed E-state index contributed by atoms with van der Waals surface area (Å²) in [4.78, 5) is 17.9. The first-order valence-electron chi connectivity index (χ1n) is 7.21. The van der Waals surface area contributed by atoms with E-state index in [1.54, 1.807) is 47.7 Å². The van der Waals surface area contributed by atoms with Crippen LogP contribution < -0.4 is 5.73 Å². The van der Waals surface area contributed by atoms with Gasteiger partial charge in [-0.05, 0) is 41.3 Å². The summed E-state index contributed by atoms with van der Waals surface area (Å²) in [5.41, 5.74) is 8.71. The Morgan fingerprint density at radius 2 is 2.26 bits per heavy atom. The van der Waals surface area contributed by atoms with Gasteiger partial charge in [0.2, 0.25) is 5.91 Å². The van der Waals surface area contributed by atoms with Gasteiger partial charge in [-0.2, -0.15) is 0 Å². The molecule has 3 heterocycles. The van der Waals surface area contributed by atoms with Crippen LogP contribution in [0.5, 0.6) is 0 Å². The second kappa shape index (κ2) is 6.26. The van der Waals surface area contributed by atoms with Crippen LogP contribution in [0.4, 0.5) is 5.82 Å². The molecule has 5 nitrogen and oxygen atoms in total. The normalized spacial score (nSPS) is 11.4. The van der Waals surface area contributed by atoms with Crippen molar-refractivity contribution in [3.63, 3.8) is 0 Å². The van der Waals surface area contributed by atoms with Crippen molar-refractivity contribution < 1.29 is 4.79 Å². The number of likely N-dealkylation sites (N-methyl/N-ethyl adjacent to an activating group) is 1. The maximum atomic E-state index is 12.2.